The van der Waals surface area contributed by atoms with Crippen molar-refractivity contribution in [1.82, 2.24) is 0 Å². The summed E-state index contributed by atoms with van der Waals surface area (Å²) in [5.74, 6) is 0.531. The smallest absolute Gasteiger partial charge is 0.242 e. The monoisotopic (exact) mass is 194 g/mol. The Bertz CT molecular complexity index is 169. The Morgan fingerprint density at radius 3 is 2.64 bits per heavy atom. The molecule has 0 N–H and O–H groups in total. The summed E-state index contributed by atoms with van der Waals surface area (Å²) >= 11 is 11.4. The van der Waals surface area contributed by atoms with Gasteiger partial charge in [-0.05, 0) is 30.4 Å². The van der Waals surface area contributed by atoms with Crippen molar-refractivity contribution < 1.29 is 4.79 Å². The Morgan fingerprint density at radius 2 is 2.27 bits per heavy atom. The largest absolute Gasteiger partial charge is 0.279 e. The van der Waals surface area contributed by atoms with E-state index in [9.17, 15) is 4.79 Å². The van der Waals surface area contributed by atoms with Gasteiger partial charge in [-0.25, -0.2) is 0 Å². The minimum atomic E-state index is -0.751. The van der Waals surface area contributed by atoms with Crippen LogP contribution in [0.2, 0.25) is 0 Å². The van der Waals surface area contributed by atoms with Crippen LogP contribution in [0.5, 0.6) is 0 Å². The summed E-state index contributed by atoms with van der Waals surface area (Å²) in [6, 6.07) is 0. The van der Waals surface area contributed by atoms with E-state index in [0.29, 0.717) is 5.92 Å². The van der Waals surface area contributed by atoms with Gasteiger partial charge in [0, 0.05) is 0 Å². The summed E-state index contributed by atoms with van der Waals surface area (Å²) < 4.78 is 0. The highest BCUT2D eigenvalue weighted by Crippen LogP contribution is 2.38. The van der Waals surface area contributed by atoms with E-state index in [1.54, 1.807) is 0 Å². The van der Waals surface area contributed by atoms with Crippen molar-refractivity contribution in [2.24, 2.45) is 5.92 Å². The second kappa shape index (κ2) is 3.32. The number of carbonyl (C=O) groups excluding carboxylic acids is 1. The average molecular weight is 195 g/mol. The summed E-state index contributed by atoms with van der Waals surface area (Å²) in [6.45, 7) is 2.11. The molecule has 1 nitrogen and oxygen atoms in total. The summed E-state index contributed by atoms with van der Waals surface area (Å²) in [6.07, 6.45) is 3.65. The maximum Gasteiger partial charge on any atom is 0.242 e. The standard InChI is InChI=1S/C8H12Cl2O/c1-6-3-2-4-8(10,5-6)7(9)11/h6H,2-5H2,1H3. The second-order valence-electron chi connectivity index (χ2n) is 3.44. The molecule has 1 fully saturated rings. The summed E-state index contributed by atoms with van der Waals surface area (Å²) in [5, 5.41) is -0.384. The first-order valence-electron chi connectivity index (χ1n) is 3.93. The second-order valence-corrected chi connectivity index (χ2v) is 4.51. The molecule has 0 saturated heterocycles. The molecule has 2 unspecified atom stereocenters. The van der Waals surface area contributed by atoms with Gasteiger partial charge in [-0.1, -0.05) is 19.8 Å². The number of rotatable bonds is 1. The number of halogens is 2. The molecule has 0 aromatic heterocycles. The van der Waals surface area contributed by atoms with E-state index >= 15 is 0 Å². The fourth-order valence-electron chi connectivity index (χ4n) is 1.67. The van der Waals surface area contributed by atoms with Crippen LogP contribution in [-0.2, 0) is 4.79 Å². The maximum absolute atomic E-state index is 10.9. The topological polar surface area (TPSA) is 17.1 Å². The first-order valence-corrected chi connectivity index (χ1v) is 4.69. The highest BCUT2D eigenvalue weighted by atomic mass is 35.5. The van der Waals surface area contributed by atoms with Crippen molar-refractivity contribution in [3.05, 3.63) is 0 Å². The van der Waals surface area contributed by atoms with Crippen LogP contribution in [0.4, 0.5) is 0 Å². The van der Waals surface area contributed by atoms with Gasteiger partial charge in [-0.3, -0.25) is 4.79 Å². The minimum absolute atomic E-state index is 0.384. The van der Waals surface area contributed by atoms with Gasteiger partial charge in [0.15, 0.2) is 0 Å². The van der Waals surface area contributed by atoms with Gasteiger partial charge in [0.05, 0.1) is 0 Å². The lowest BCUT2D eigenvalue weighted by Crippen LogP contribution is -2.34. The van der Waals surface area contributed by atoms with E-state index in [4.69, 9.17) is 23.2 Å². The molecule has 0 aromatic carbocycles. The number of alkyl halides is 1. The van der Waals surface area contributed by atoms with Gasteiger partial charge in [0.1, 0.15) is 4.87 Å². The fraction of sp³-hybridized carbons (Fsp3) is 0.875. The van der Waals surface area contributed by atoms with Crippen molar-refractivity contribution in [1.29, 1.82) is 0 Å². The molecule has 0 bridgehead atoms. The maximum atomic E-state index is 10.9. The normalized spacial score (nSPS) is 38.6. The quantitative estimate of drug-likeness (QED) is 0.464. The molecule has 1 saturated carbocycles. The fourth-order valence-corrected chi connectivity index (χ4v) is 2.23. The van der Waals surface area contributed by atoms with Crippen LogP contribution in [0.3, 0.4) is 0 Å². The van der Waals surface area contributed by atoms with Crippen molar-refractivity contribution in [2.45, 2.75) is 37.5 Å². The van der Waals surface area contributed by atoms with E-state index in [2.05, 4.69) is 6.92 Å². The highest BCUT2D eigenvalue weighted by molar-refractivity contribution is 6.70. The first kappa shape index (κ1) is 9.34. The lowest BCUT2D eigenvalue weighted by Gasteiger charge is -2.31. The van der Waals surface area contributed by atoms with Gasteiger partial charge in [0.25, 0.3) is 0 Å². The summed E-state index contributed by atoms with van der Waals surface area (Å²) in [4.78, 5) is 10.1. The minimum Gasteiger partial charge on any atom is -0.279 e. The van der Waals surface area contributed by atoms with Crippen LogP contribution < -0.4 is 0 Å². The van der Waals surface area contributed by atoms with Crippen molar-refractivity contribution >= 4 is 28.4 Å². The Balaban J connectivity index is 2.63. The Hall–Kier alpha value is 0.250. The molecule has 0 aliphatic heterocycles. The van der Waals surface area contributed by atoms with Crippen LogP contribution in [0, 0.1) is 5.92 Å². The van der Waals surface area contributed by atoms with E-state index in [1.807, 2.05) is 0 Å². The van der Waals surface area contributed by atoms with Crippen molar-refractivity contribution in [2.75, 3.05) is 0 Å². The molecule has 1 aliphatic rings. The van der Waals surface area contributed by atoms with Gasteiger partial charge in [-0.2, -0.15) is 0 Å². The molecule has 0 amide bonds. The summed E-state index contributed by atoms with van der Waals surface area (Å²) in [5.41, 5.74) is 0. The zero-order valence-electron chi connectivity index (χ0n) is 6.57. The zero-order chi connectivity index (χ0) is 8.48. The van der Waals surface area contributed by atoms with Crippen LogP contribution in [-0.4, -0.2) is 10.1 Å². The highest BCUT2D eigenvalue weighted by Gasteiger charge is 2.38. The Kier molecular flexibility index (Phi) is 2.82. The molecule has 64 valence electrons. The molecular formula is C8H12Cl2O. The third-order valence-electron chi connectivity index (χ3n) is 2.29. The van der Waals surface area contributed by atoms with Crippen molar-refractivity contribution in [3.8, 4) is 0 Å². The third-order valence-corrected chi connectivity index (χ3v) is 3.27. The van der Waals surface area contributed by atoms with Crippen LogP contribution >= 0.6 is 23.2 Å². The van der Waals surface area contributed by atoms with Gasteiger partial charge in [-0.15, -0.1) is 11.6 Å². The van der Waals surface area contributed by atoms with Crippen LogP contribution in [0.25, 0.3) is 0 Å². The van der Waals surface area contributed by atoms with Gasteiger partial charge in [0.2, 0.25) is 5.24 Å². The lowest BCUT2D eigenvalue weighted by atomic mass is 9.82. The Labute approximate surface area is 77.1 Å². The molecule has 1 rings (SSSR count). The molecule has 0 spiro atoms. The van der Waals surface area contributed by atoms with E-state index in [1.165, 1.54) is 6.42 Å². The molecule has 11 heavy (non-hydrogen) atoms. The predicted molar refractivity (Wildman–Crippen MR) is 47.1 cm³/mol. The summed E-state index contributed by atoms with van der Waals surface area (Å²) in [7, 11) is 0. The molecule has 0 aromatic rings. The average Bonchev–Trinajstić information content (AvgIpc) is 1.86. The van der Waals surface area contributed by atoms with E-state index in [0.717, 1.165) is 19.3 Å². The Morgan fingerprint density at radius 1 is 1.64 bits per heavy atom. The number of hydrogen-bond acceptors (Lipinski definition) is 1. The zero-order valence-corrected chi connectivity index (χ0v) is 8.08. The molecule has 2 atom stereocenters. The van der Waals surface area contributed by atoms with E-state index < -0.39 is 4.87 Å². The third kappa shape index (κ3) is 2.09. The van der Waals surface area contributed by atoms with Gasteiger partial charge < -0.3 is 0 Å². The predicted octanol–water partition coefficient (Wildman–Crippen LogP) is 2.94. The number of hydrogen-bond donors (Lipinski definition) is 0. The SMILES string of the molecule is CC1CCCC(Cl)(C(=O)Cl)C1. The van der Waals surface area contributed by atoms with Crippen LogP contribution in [0.1, 0.15) is 32.6 Å². The van der Waals surface area contributed by atoms with E-state index in [-0.39, 0.29) is 5.24 Å². The van der Waals surface area contributed by atoms with Crippen molar-refractivity contribution in [3.63, 3.8) is 0 Å². The molecule has 0 heterocycles. The molecule has 3 heteroatoms. The lowest BCUT2D eigenvalue weighted by molar-refractivity contribution is -0.115. The molecule has 0 radical (unpaired) electrons. The number of carbonyl (C=O) groups is 1. The molecule has 1 aliphatic carbocycles. The first-order chi connectivity index (χ1) is 5.04. The van der Waals surface area contributed by atoms with Gasteiger partial charge >= 0.3 is 0 Å². The molecular weight excluding hydrogens is 183 g/mol. The van der Waals surface area contributed by atoms with Crippen LogP contribution in [0.15, 0.2) is 0 Å².